The first-order valence-corrected chi connectivity index (χ1v) is 7.53. The molecule has 1 saturated carbocycles. The quantitative estimate of drug-likeness (QED) is 0.596. The molecule has 1 aromatic rings. The summed E-state index contributed by atoms with van der Waals surface area (Å²) in [6.07, 6.45) is 0. The maximum absolute atomic E-state index is 12.9. The summed E-state index contributed by atoms with van der Waals surface area (Å²) in [4.78, 5) is 14.2. The molecule has 0 unspecified atom stereocenters. The maximum atomic E-state index is 12.9. The van der Waals surface area contributed by atoms with Crippen LogP contribution in [0.5, 0.6) is 0 Å². The number of benzene rings is 1. The Balaban J connectivity index is 2.10. The van der Waals surface area contributed by atoms with E-state index in [1.165, 1.54) is 12.1 Å². The minimum Gasteiger partial charge on any atom is -0.343 e. The summed E-state index contributed by atoms with van der Waals surface area (Å²) in [6.45, 7) is 5.51. The summed E-state index contributed by atoms with van der Waals surface area (Å²) < 4.78 is 13.2. The number of nitrogens with zero attached hydrogens (tertiary/aromatic N) is 1. The molecule has 2 nitrogen and oxygen atoms in total. The van der Waals surface area contributed by atoms with E-state index in [0.717, 1.165) is 18.7 Å². The molecule has 2 rings (SSSR count). The summed E-state index contributed by atoms with van der Waals surface area (Å²) in [5, 5.41) is 0. The van der Waals surface area contributed by atoms with Crippen molar-refractivity contribution in [1.82, 2.24) is 4.90 Å². The van der Waals surface area contributed by atoms with Gasteiger partial charge in [-0.1, -0.05) is 34.7 Å². The number of hydrogen-bond donors (Lipinski definition) is 0. The number of rotatable bonds is 4. The Morgan fingerprint density at radius 1 is 1.28 bits per heavy atom. The molecule has 98 valence electrons. The number of alkyl halides is 1. The molecule has 4 heteroatoms. The first-order valence-electron chi connectivity index (χ1n) is 6.28. The lowest BCUT2D eigenvalue weighted by molar-refractivity contribution is -0.132. The van der Waals surface area contributed by atoms with Crippen LogP contribution in [-0.4, -0.2) is 27.8 Å². The van der Waals surface area contributed by atoms with Crippen LogP contribution < -0.4 is 0 Å². The molecule has 0 heterocycles. The van der Waals surface area contributed by atoms with Gasteiger partial charge in [0.05, 0.1) is 5.92 Å². The second kappa shape index (κ2) is 5.55. The minimum atomic E-state index is -0.226. The third-order valence-electron chi connectivity index (χ3n) is 3.55. The second-order valence-corrected chi connectivity index (χ2v) is 6.00. The Labute approximate surface area is 121 Å². The molecule has 0 radical (unpaired) electrons. The highest BCUT2D eigenvalue weighted by atomic mass is 127. The van der Waals surface area contributed by atoms with E-state index < -0.39 is 0 Å². The predicted molar refractivity (Wildman–Crippen MR) is 78.4 cm³/mol. The van der Waals surface area contributed by atoms with E-state index in [9.17, 15) is 9.18 Å². The molecule has 1 aliphatic rings. The van der Waals surface area contributed by atoms with Gasteiger partial charge >= 0.3 is 0 Å². The Bertz CT molecular complexity index is 430. The number of hydrogen-bond acceptors (Lipinski definition) is 1. The number of carbonyl (C=O) groups excluding carboxylic acids is 1. The van der Waals surface area contributed by atoms with Gasteiger partial charge in [0, 0.05) is 22.9 Å². The lowest BCUT2D eigenvalue weighted by Crippen LogP contribution is -2.32. The SMILES string of the molecule is CCN(CC)C(=O)[C@H]1[C@H](I)[C@@H]1c1ccc(F)cc1. The Hall–Kier alpha value is -0.650. The van der Waals surface area contributed by atoms with Gasteiger partial charge < -0.3 is 4.90 Å². The van der Waals surface area contributed by atoms with Crippen LogP contribution in [0.1, 0.15) is 25.3 Å². The average molecular weight is 361 g/mol. The third kappa shape index (κ3) is 2.53. The summed E-state index contributed by atoms with van der Waals surface area (Å²) in [7, 11) is 0. The smallest absolute Gasteiger partial charge is 0.227 e. The fourth-order valence-electron chi connectivity index (χ4n) is 2.39. The molecule has 0 aliphatic heterocycles. The summed E-state index contributed by atoms with van der Waals surface area (Å²) >= 11 is 2.33. The number of amides is 1. The van der Waals surface area contributed by atoms with Crippen LogP contribution in [0.15, 0.2) is 24.3 Å². The van der Waals surface area contributed by atoms with Gasteiger partial charge in [0.15, 0.2) is 0 Å². The van der Waals surface area contributed by atoms with Gasteiger partial charge in [0.1, 0.15) is 5.82 Å². The molecule has 0 N–H and O–H groups in total. The highest BCUT2D eigenvalue weighted by Crippen LogP contribution is 2.54. The van der Waals surface area contributed by atoms with Crippen LogP contribution in [0.4, 0.5) is 4.39 Å². The first kappa shape index (κ1) is 13.8. The van der Waals surface area contributed by atoms with Crippen LogP contribution in [0.3, 0.4) is 0 Å². The average Bonchev–Trinajstić information content (AvgIpc) is 3.03. The normalized spacial score (nSPS) is 25.9. The number of carbonyl (C=O) groups is 1. The van der Waals surface area contributed by atoms with Crippen LogP contribution in [0, 0.1) is 11.7 Å². The highest BCUT2D eigenvalue weighted by Gasteiger charge is 2.54. The van der Waals surface area contributed by atoms with E-state index in [-0.39, 0.29) is 23.6 Å². The molecule has 1 aromatic carbocycles. The molecular weight excluding hydrogens is 344 g/mol. The molecule has 1 amide bonds. The van der Waals surface area contributed by atoms with E-state index in [4.69, 9.17) is 0 Å². The van der Waals surface area contributed by atoms with Crippen LogP contribution in [0.2, 0.25) is 0 Å². The molecule has 0 saturated heterocycles. The first-order chi connectivity index (χ1) is 8.60. The summed E-state index contributed by atoms with van der Waals surface area (Å²) in [6, 6.07) is 6.52. The van der Waals surface area contributed by atoms with E-state index in [1.54, 1.807) is 12.1 Å². The van der Waals surface area contributed by atoms with Gasteiger partial charge in [-0.25, -0.2) is 4.39 Å². The zero-order chi connectivity index (χ0) is 13.3. The molecule has 3 atom stereocenters. The van der Waals surface area contributed by atoms with E-state index in [2.05, 4.69) is 22.6 Å². The van der Waals surface area contributed by atoms with Crippen molar-refractivity contribution in [3.63, 3.8) is 0 Å². The van der Waals surface area contributed by atoms with E-state index >= 15 is 0 Å². The van der Waals surface area contributed by atoms with Crippen molar-refractivity contribution in [2.24, 2.45) is 5.92 Å². The fourth-order valence-corrected chi connectivity index (χ4v) is 3.76. The van der Waals surface area contributed by atoms with Crippen molar-refractivity contribution >= 4 is 28.5 Å². The standard InChI is InChI=1S/C14H17FINO/c1-3-17(4-2)14(18)12-11(13(12)16)9-5-7-10(15)8-6-9/h5-8,11-13H,3-4H2,1-2H3/t11-,12-,13-/m1/s1. The van der Waals surface area contributed by atoms with Gasteiger partial charge in [-0.05, 0) is 31.5 Å². The second-order valence-electron chi connectivity index (χ2n) is 4.56. The van der Waals surface area contributed by atoms with Gasteiger partial charge in [0.25, 0.3) is 0 Å². The largest absolute Gasteiger partial charge is 0.343 e. The Morgan fingerprint density at radius 2 is 1.83 bits per heavy atom. The van der Waals surface area contributed by atoms with E-state index in [1.807, 2.05) is 18.7 Å². The minimum absolute atomic E-state index is 0.0657. The van der Waals surface area contributed by atoms with Crippen LogP contribution >= 0.6 is 22.6 Å². The maximum Gasteiger partial charge on any atom is 0.227 e. The van der Waals surface area contributed by atoms with Gasteiger partial charge in [-0.15, -0.1) is 0 Å². The molecule has 0 spiro atoms. The lowest BCUT2D eigenvalue weighted by Gasteiger charge is -2.18. The zero-order valence-corrected chi connectivity index (χ0v) is 12.7. The fraction of sp³-hybridized carbons (Fsp3) is 0.500. The predicted octanol–water partition coefficient (Wildman–Crippen LogP) is 3.21. The summed E-state index contributed by atoms with van der Waals surface area (Å²) in [5.74, 6) is 0.319. The van der Waals surface area contributed by atoms with Gasteiger partial charge in [-0.3, -0.25) is 4.79 Å². The van der Waals surface area contributed by atoms with Gasteiger partial charge in [0.2, 0.25) is 5.91 Å². The molecule has 1 fully saturated rings. The van der Waals surface area contributed by atoms with Crippen LogP contribution in [-0.2, 0) is 4.79 Å². The summed E-state index contributed by atoms with van der Waals surface area (Å²) in [5.41, 5.74) is 1.07. The third-order valence-corrected chi connectivity index (χ3v) is 5.10. The molecular formula is C14H17FINO. The molecule has 0 aromatic heterocycles. The Morgan fingerprint density at radius 3 is 2.33 bits per heavy atom. The van der Waals surface area contributed by atoms with Crippen molar-refractivity contribution in [3.8, 4) is 0 Å². The van der Waals surface area contributed by atoms with Crippen molar-refractivity contribution in [3.05, 3.63) is 35.6 Å². The molecule has 1 aliphatic carbocycles. The monoisotopic (exact) mass is 361 g/mol. The van der Waals surface area contributed by atoms with Crippen molar-refractivity contribution in [2.45, 2.75) is 23.7 Å². The topological polar surface area (TPSA) is 20.3 Å². The van der Waals surface area contributed by atoms with Crippen LogP contribution in [0.25, 0.3) is 0 Å². The Kier molecular flexibility index (Phi) is 4.25. The molecule has 18 heavy (non-hydrogen) atoms. The van der Waals surface area contributed by atoms with Crippen molar-refractivity contribution < 1.29 is 9.18 Å². The number of halogens is 2. The highest BCUT2D eigenvalue weighted by molar-refractivity contribution is 14.1. The van der Waals surface area contributed by atoms with E-state index in [0.29, 0.717) is 3.92 Å². The van der Waals surface area contributed by atoms with Crippen molar-refractivity contribution in [2.75, 3.05) is 13.1 Å². The lowest BCUT2D eigenvalue weighted by atomic mass is 10.1. The zero-order valence-electron chi connectivity index (χ0n) is 10.6. The van der Waals surface area contributed by atoms with Crippen molar-refractivity contribution in [1.29, 1.82) is 0 Å². The molecule has 0 bridgehead atoms. The van der Waals surface area contributed by atoms with Gasteiger partial charge in [-0.2, -0.15) is 0 Å².